The van der Waals surface area contributed by atoms with Gasteiger partial charge in [0.15, 0.2) is 0 Å². The maximum absolute atomic E-state index is 13.5. The minimum atomic E-state index is -1.14. The molecule has 0 aliphatic heterocycles. The van der Waals surface area contributed by atoms with Gasteiger partial charge in [-0.1, -0.05) is 17.7 Å². The fourth-order valence-electron chi connectivity index (χ4n) is 1.81. The third-order valence-electron chi connectivity index (χ3n) is 2.91. The molecule has 0 spiro atoms. The Kier molecular flexibility index (Phi) is 4.73. The van der Waals surface area contributed by atoms with Crippen molar-refractivity contribution in [2.45, 2.75) is 6.10 Å². The zero-order chi connectivity index (χ0) is 15.4. The fourth-order valence-corrected chi connectivity index (χ4v) is 2.03. The first kappa shape index (κ1) is 15.2. The molecule has 0 aliphatic rings. The van der Waals surface area contributed by atoms with Crippen LogP contribution >= 0.6 is 11.6 Å². The molecule has 3 nitrogen and oxygen atoms in total. The lowest BCUT2D eigenvalue weighted by Gasteiger charge is -2.14. The lowest BCUT2D eigenvalue weighted by Crippen LogP contribution is -2.13. The maximum Gasteiger partial charge on any atom is 0.131 e. The molecule has 0 aliphatic carbocycles. The number of rotatable bonds is 4. The summed E-state index contributed by atoms with van der Waals surface area (Å²) in [4.78, 5) is 0. The van der Waals surface area contributed by atoms with E-state index in [0.29, 0.717) is 11.3 Å². The van der Waals surface area contributed by atoms with Gasteiger partial charge in [0.25, 0.3) is 0 Å². The van der Waals surface area contributed by atoms with Gasteiger partial charge in [-0.05, 0) is 24.3 Å². The molecule has 2 rings (SSSR count). The van der Waals surface area contributed by atoms with Crippen LogP contribution in [0, 0.1) is 23.0 Å². The van der Waals surface area contributed by atoms with Crippen molar-refractivity contribution in [1.82, 2.24) is 0 Å². The number of anilines is 1. The van der Waals surface area contributed by atoms with Crippen LogP contribution in [0.15, 0.2) is 36.4 Å². The number of aliphatic hydroxyl groups is 1. The molecule has 2 aromatic rings. The number of hydrogen-bond acceptors (Lipinski definition) is 3. The Morgan fingerprint density at radius 3 is 2.62 bits per heavy atom. The highest BCUT2D eigenvalue weighted by Gasteiger charge is 2.13. The standard InChI is InChI=1S/C15H11ClF2N2O/c16-13-6-11(3-1-9(13)7-19)20-8-15(21)12-4-2-10(17)5-14(12)18/h1-6,15,20-21H,8H2. The van der Waals surface area contributed by atoms with Gasteiger partial charge in [0.05, 0.1) is 16.7 Å². The molecule has 0 saturated carbocycles. The maximum atomic E-state index is 13.5. The van der Waals surface area contributed by atoms with Crippen molar-refractivity contribution in [3.63, 3.8) is 0 Å². The van der Waals surface area contributed by atoms with Crippen LogP contribution in [0.5, 0.6) is 0 Å². The van der Waals surface area contributed by atoms with Crippen molar-refractivity contribution in [2.75, 3.05) is 11.9 Å². The normalized spacial score (nSPS) is 11.8. The smallest absolute Gasteiger partial charge is 0.131 e. The van der Waals surface area contributed by atoms with E-state index in [4.69, 9.17) is 16.9 Å². The van der Waals surface area contributed by atoms with E-state index >= 15 is 0 Å². The quantitative estimate of drug-likeness (QED) is 0.906. The number of halogens is 3. The predicted octanol–water partition coefficient (Wildman–Crippen LogP) is 3.64. The molecule has 21 heavy (non-hydrogen) atoms. The van der Waals surface area contributed by atoms with E-state index in [9.17, 15) is 13.9 Å². The average molecular weight is 309 g/mol. The summed E-state index contributed by atoms with van der Waals surface area (Å²) in [5, 5.41) is 21.8. The highest BCUT2D eigenvalue weighted by atomic mass is 35.5. The monoisotopic (exact) mass is 308 g/mol. The second kappa shape index (κ2) is 6.53. The zero-order valence-electron chi connectivity index (χ0n) is 10.8. The van der Waals surface area contributed by atoms with Crippen LogP contribution in [0.3, 0.4) is 0 Å². The van der Waals surface area contributed by atoms with Crippen LogP contribution in [-0.2, 0) is 0 Å². The first-order valence-corrected chi connectivity index (χ1v) is 6.45. The van der Waals surface area contributed by atoms with Gasteiger partial charge in [-0.25, -0.2) is 8.78 Å². The van der Waals surface area contributed by atoms with Gasteiger partial charge in [-0.2, -0.15) is 5.26 Å². The van der Waals surface area contributed by atoms with Crippen molar-refractivity contribution in [2.24, 2.45) is 0 Å². The van der Waals surface area contributed by atoms with Crippen LogP contribution in [0.1, 0.15) is 17.2 Å². The molecule has 2 aromatic carbocycles. The summed E-state index contributed by atoms with van der Waals surface area (Å²) in [6.45, 7) is 0.0186. The van der Waals surface area contributed by atoms with Crippen molar-refractivity contribution in [1.29, 1.82) is 5.26 Å². The molecule has 108 valence electrons. The van der Waals surface area contributed by atoms with Gasteiger partial charge in [-0.15, -0.1) is 0 Å². The topological polar surface area (TPSA) is 56.0 Å². The van der Waals surface area contributed by atoms with Crippen molar-refractivity contribution >= 4 is 17.3 Å². The van der Waals surface area contributed by atoms with E-state index in [1.807, 2.05) is 6.07 Å². The number of nitriles is 1. The number of benzene rings is 2. The fraction of sp³-hybridized carbons (Fsp3) is 0.133. The summed E-state index contributed by atoms with van der Waals surface area (Å²) in [5.74, 6) is -1.50. The van der Waals surface area contributed by atoms with Gasteiger partial charge in [0.1, 0.15) is 17.7 Å². The largest absolute Gasteiger partial charge is 0.386 e. The van der Waals surface area contributed by atoms with E-state index in [-0.39, 0.29) is 17.1 Å². The number of nitrogens with one attached hydrogen (secondary N) is 1. The third kappa shape index (κ3) is 3.69. The summed E-state index contributed by atoms with van der Waals surface area (Å²) in [7, 11) is 0. The van der Waals surface area contributed by atoms with Crippen LogP contribution in [-0.4, -0.2) is 11.7 Å². The third-order valence-corrected chi connectivity index (χ3v) is 3.22. The second-order valence-corrected chi connectivity index (χ2v) is 4.78. The van der Waals surface area contributed by atoms with Gasteiger partial charge in [-0.3, -0.25) is 0 Å². The van der Waals surface area contributed by atoms with Crippen molar-refractivity contribution < 1.29 is 13.9 Å². The SMILES string of the molecule is N#Cc1ccc(NCC(O)c2ccc(F)cc2F)cc1Cl. The molecule has 0 heterocycles. The number of aliphatic hydroxyl groups excluding tert-OH is 1. The first-order valence-electron chi connectivity index (χ1n) is 6.08. The summed E-state index contributed by atoms with van der Waals surface area (Å²) in [6.07, 6.45) is -1.14. The predicted molar refractivity (Wildman–Crippen MR) is 76.0 cm³/mol. The van der Waals surface area contributed by atoms with Crippen LogP contribution in [0.2, 0.25) is 5.02 Å². The molecule has 0 amide bonds. The molecule has 2 N–H and O–H groups in total. The molecule has 0 aromatic heterocycles. The summed E-state index contributed by atoms with van der Waals surface area (Å²) in [5.41, 5.74) is 0.927. The van der Waals surface area contributed by atoms with Gasteiger partial charge >= 0.3 is 0 Å². The van der Waals surface area contributed by atoms with Crippen molar-refractivity contribution in [3.05, 3.63) is 64.2 Å². The lowest BCUT2D eigenvalue weighted by molar-refractivity contribution is 0.186. The number of nitrogens with zero attached hydrogens (tertiary/aromatic N) is 1. The number of hydrogen-bond donors (Lipinski definition) is 2. The second-order valence-electron chi connectivity index (χ2n) is 4.37. The van der Waals surface area contributed by atoms with Gasteiger partial charge in [0, 0.05) is 23.9 Å². The summed E-state index contributed by atoms with van der Waals surface area (Å²) < 4.78 is 26.3. The minimum absolute atomic E-state index is 0.00337. The minimum Gasteiger partial charge on any atom is -0.386 e. The van der Waals surface area contributed by atoms with E-state index in [0.717, 1.165) is 12.1 Å². The molecule has 0 bridgehead atoms. The van der Waals surface area contributed by atoms with Crippen molar-refractivity contribution in [3.8, 4) is 6.07 Å². The van der Waals surface area contributed by atoms with E-state index in [2.05, 4.69) is 5.32 Å². The zero-order valence-corrected chi connectivity index (χ0v) is 11.5. The Bertz CT molecular complexity index is 701. The molecule has 0 fully saturated rings. The average Bonchev–Trinajstić information content (AvgIpc) is 2.45. The highest BCUT2D eigenvalue weighted by Crippen LogP contribution is 2.22. The van der Waals surface area contributed by atoms with Crippen LogP contribution in [0.25, 0.3) is 0 Å². The van der Waals surface area contributed by atoms with Crippen LogP contribution < -0.4 is 5.32 Å². The highest BCUT2D eigenvalue weighted by molar-refractivity contribution is 6.32. The Hall–Kier alpha value is -2.16. The molecule has 0 saturated heterocycles. The molecule has 1 unspecified atom stereocenters. The first-order chi connectivity index (χ1) is 10.0. The summed E-state index contributed by atoms with van der Waals surface area (Å²) in [6, 6.07) is 9.63. The molecular weight excluding hydrogens is 298 g/mol. The Morgan fingerprint density at radius 2 is 2.00 bits per heavy atom. The summed E-state index contributed by atoms with van der Waals surface area (Å²) >= 11 is 5.88. The Labute approximate surface area is 125 Å². The van der Waals surface area contributed by atoms with Gasteiger partial charge in [0.2, 0.25) is 0 Å². The van der Waals surface area contributed by atoms with Gasteiger partial charge < -0.3 is 10.4 Å². The molecular formula is C15H11ClF2N2O. The van der Waals surface area contributed by atoms with E-state index < -0.39 is 17.7 Å². The Balaban J connectivity index is 2.05. The molecule has 6 heteroatoms. The molecule has 1 atom stereocenters. The van der Waals surface area contributed by atoms with E-state index in [1.54, 1.807) is 6.07 Å². The van der Waals surface area contributed by atoms with E-state index in [1.165, 1.54) is 18.2 Å². The lowest BCUT2D eigenvalue weighted by atomic mass is 10.1. The Morgan fingerprint density at radius 1 is 1.24 bits per heavy atom. The van der Waals surface area contributed by atoms with Crippen LogP contribution in [0.4, 0.5) is 14.5 Å². The molecule has 0 radical (unpaired) electrons.